The molecule has 1 unspecified atom stereocenters. The van der Waals surface area contributed by atoms with Gasteiger partial charge in [0, 0.05) is 22.8 Å². The maximum Gasteiger partial charge on any atom is 0.322 e. The predicted molar refractivity (Wildman–Crippen MR) is 117 cm³/mol. The van der Waals surface area contributed by atoms with Crippen LogP contribution in [0.4, 0.5) is 9.18 Å². The Morgan fingerprint density at radius 1 is 1.23 bits per heavy atom. The maximum absolute atomic E-state index is 13.3. The lowest BCUT2D eigenvalue weighted by molar-refractivity contribution is 0.204. The van der Waals surface area contributed by atoms with E-state index in [-0.39, 0.29) is 11.8 Å². The van der Waals surface area contributed by atoms with E-state index < -0.39 is 6.04 Å². The van der Waals surface area contributed by atoms with Crippen molar-refractivity contribution in [2.45, 2.75) is 32.7 Å². The molecule has 0 saturated heterocycles. The van der Waals surface area contributed by atoms with Crippen LogP contribution in [0.3, 0.4) is 0 Å². The van der Waals surface area contributed by atoms with Crippen molar-refractivity contribution in [2.24, 2.45) is 0 Å². The van der Waals surface area contributed by atoms with E-state index in [1.54, 1.807) is 29.2 Å². The fourth-order valence-electron chi connectivity index (χ4n) is 3.63. The number of hydrogen-bond donors (Lipinski definition) is 1. The van der Waals surface area contributed by atoms with E-state index in [2.05, 4.69) is 22.4 Å². The molecule has 0 aliphatic carbocycles. The van der Waals surface area contributed by atoms with E-state index in [1.807, 2.05) is 19.1 Å². The highest BCUT2D eigenvalue weighted by molar-refractivity contribution is 6.30. The van der Waals surface area contributed by atoms with Crippen molar-refractivity contribution in [3.63, 3.8) is 0 Å². The highest BCUT2D eigenvalue weighted by atomic mass is 35.5. The Morgan fingerprint density at radius 2 is 2.00 bits per heavy atom. The molecule has 0 bridgehead atoms. The number of hydrogen-bond acceptors (Lipinski definition) is 4. The van der Waals surface area contributed by atoms with Crippen LogP contribution in [0, 0.1) is 5.82 Å². The first kappa shape index (κ1) is 21.1. The Kier molecular flexibility index (Phi) is 6.04. The molecule has 1 aromatic heterocycles. The number of unbranched alkanes of at least 4 members (excludes halogenated alkanes) is 1. The van der Waals surface area contributed by atoms with Gasteiger partial charge in [-0.3, -0.25) is 4.90 Å². The molecular formula is C23H22ClFN4O2. The Morgan fingerprint density at radius 3 is 2.71 bits per heavy atom. The van der Waals surface area contributed by atoms with Gasteiger partial charge in [0.05, 0.1) is 11.6 Å². The van der Waals surface area contributed by atoms with Gasteiger partial charge in [-0.15, -0.1) is 0 Å². The number of carbonyl (C=O) groups excluding carboxylic acids is 1. The first-order chi connectivity index (χ1) is 15.0. The van der Waals surface area contributed by atoms with Crippen molar-refractivity contribution in [3.05, 3.63) is 76.5 Å². The molecule has 160 valence electrons. The van der Waals surface area contributed by atoms with Gasteiger partial charge in [-0.2, -0.15) is 4.98 Å². The zero-order chi connectivity index (χ0) is 22.0. The summed E-state index contributed by atoms with van der Waals surface area (Å²) in [6.45, 7) is 4.53. The summed E-state index contributed by atoms with van der Waals surface area (Å²) in [6.07, 6.45) is 1.82. The topological polar surface area (TPSA) is 71.3 Å². The largest absolute Gasteiger partial charge is 0.334 e. The van der Waals surface area contributed by atoms with Gasteiger partial charge in [-0.1, -0.05) is 42.2 Å². The van der Waals surface area contributed by atoms with Crippen LogP contribution in [-0.2, 0) is 0 Å². The highest BCUT2D eigenvalue weighted by Gasteiger charge is 2.35. The molecule has 2 amide bonds. The van der Waals surface area contributed by atoms with Gasteiger partial charge in [0.25, 0.3) is 5.89 Å². The van der Waals surface area contributed by atoms with E-state index in [4.69, 9.17) is 16.1 Å². The van der Waals surface area contributed by atoms with Crippen LogP contribution in [-0.4, -0.2) is 27.6 Å². The van der Waals surface area contributed by atoms with Crippen LogP contribution in [0.15, 0.2) is 58.8 Å². The van der Waals surface area contributed by atoms with Crippen LogP contribution in [0.1, 0.15) is 44.2 Å². The van der Waals surface area contributed by atoms with Crippen molar-refractivity contribution >= 4 is 23.2 Å². The zero-order valence-electron chi connectivity index (χ0n) is 17.2. The maximum atomic E-state index is 13.3. The van der Waals surface area contributed by atoms with Crippen molar-refractivity contribution < 1.29 is 13.7 Å². The third-order valence-electron chi connectivity index (χ3n) is 5.27. The fraction of sp³-hybridized carbons (Fsp3) is 0.261. The van der Waals surface area contributed by atoms with Crippen molar-refractivity contribution in [1.82, 2.24) is 20.4 Å². The first-order valence-corrected chi connectivity index (χ1v) is 10.5. The molecule has 1 atom stereocenters. The number of halogens is 2. The van der Waals surface area contributed by atoms with Crippen molar-refractivity contribution in [3.8, 4) is 11.4 Å². The molecule has 1 aliphatic heterocycles. The number of amides is 2. The van der Waals surface area contributed by atoms with Gasteiger partial charge < -0.3 is 9.84 Å². The molecule has 6 nitrogen and oxygen atoms in total. The summed E-state index contributed by atoms with van der Waals surface area (Å²) in [4.78, 5) is 19.1. The molecule has 0 saturated carbocycles. The van der Waals surface area contributed by atoms with Gasteiger partial charge in [-0.05, 0) is 55.3 Å². The zero-order valence-corrected chi connectivity index (χ0v) is 18.0. The lowest BCUT2D eigenvalue weighted by Gasteiger charge is -2.35. The van der Waals surface area contributed by atoms with Crippen LogP contribution in [0.2, 0.25) is 5.02 Å². The molecule has 3 aromatic rings. The smallest absolute Gasteiger partial charge is 0.322 e. The average molecular weight is 441 g/mol. The number of carbonyl (C=O) groups is 1. The van der Waals surface area contributed by atoms with Crippen molar-refractivity contribution in [1.29, 1.82) is 0 Å². The van der Waals surface area contributed by atoms with Crippen molar-refractivity contribution in [2.75, 3.05) is 6.54 Å². The minimum absolute atomic E-state index is 0.182. The summed E-state index contributed by atoms with van der Waals surface area (Å²) in [5.41, 5.74) is 2.90. The predicted octanol–water partition coefficient (Wildman–Crippen LogP) is 5.83. The summed E-state index contributed by atoms with van der Waals surface area (Å²) >= 11 is 6.20. The molecule has 2 aromatic carbocycles. The van der Waals surface area contributed by atoms with Gasteiger partial charge >= 0.3 is 6.03 Å². The third kappa shape index (κ3) is 4.32. The van der Waals surface area contributed by atoms with Gasteiger partial charge in [0.1, 0.15) is 5.82 Å². The SMILES string of the molecule is CCCCN1C(=O)NC(c2cccc(Cl)c2)C(c2nc(-c3ccc(F)cc3)no2)=C1C. The third-order valence-corrected chi connectivity index (χ3v) is 5.51. The monoisotopic (exact) mass is 440 g/mol. The normalized spacial score (nSPS) is 16.6. The standard InChI is InChI=1S/C23H22ClFN4O2/c1-3-4-12-29-14(2)19(20(26-23(29)30)16-6-5-7-17(24)13-16)22-27-21(28-31-22)15-8-10-18(25)11-9-15/h5-11,13,20H,3-4,12H2,1-2H3,(H,26,30). The average Bonchev–Trinajstić information content (AvgIpc) is 3.23. The van der Waals surface area contributed by atoms with Crippen LogP contribution in [0.5, 0.6) is 0 Å². The molecule has 31 heavy (non-hydrogen) atoms. The fourth-order valence-corrected chi connectivity index (χ4v) is 3.83. The number of nitrogens with one attached hydrogen (secondary N) is 1. The Balaban J connectivity index is 1.80. The summed E-state index contributed by atoms with van der Waals surface area (Å²) in [5.74, 6) is 0.300. The number of benzene rings is 2. The summed E-state index contributed by atoms with van der Waals surface area (Å²) in [7, 11) is 0. The summed E-state index contributed by atoms with van der Waals surface area (Å²) < 4.78 is 18.9. The van der Waals surface area contributed by atoms with Gasteiger partial charge in [0.15, 0.2) is 0 Å². The molecule has 0 fully saturated rings. The number of urea groups is 1. The Hall–Kier alpha value is -3.19. The van der Waals surface area contributed by atoms with E-state index in [0.717, 1.165) is 24.1 Å². The molecule has 8 heteroatoms. The number of aromatic nitrogens is 2. The number of allylic oxidation sites excluding steroid dienone is 1. The van der Waals surface area contributed by atoms with Crippen LogP contribution in [0.25, 0.3) is 17.0 Å². The second-order valence-corrected chi connectivity index (χ2v) is 7.81. The van der Waals surface area contributed by atoms with E-state index in [9.17, 15) is 9.18 Å². The molecule has 1 N–H and O–H groups in total. The van der Waals surface area contributed by atoms with Gasteiger partial charge in [-0.25, -0.2) is 9.18 Å². The highest BCUT2D eigenvalue weighted by Crippen LogP contribution is 2.38. The minimum atomic E-state index is -0.495. The molecule has 1 aliphatic rings. The molecule has 0 spiro atoms. The van der Waals surface area contributed by atoms with Crippen LogP contribution < -0.4 is 5.32 Å². The van der Waals surface area contributed by atoms with E-state index >= 15 is 0 Å². The Labute approximate surface area is 184 Å². The molecule has 2 heterocycles. The first-order valence-electron chi connectivity index (χ1n) is 10.1. The van der Waals surface area contributed by atoms with Crippen LogP contribution >= 0.6 is 11.6 Å². The lowest BCUT2D eigenvalue weighted by atomic mass is 9.94. The van der Waals surface area contributed by atoms with E-state index in [0.29, 0.717) is 34.4 Å². The second kappa shape index (κ2) is 8.89. The molecule has 4 rings (SSSR count). The summed E-state index contributed by atoms with van der Waals surface area (Å²) in [6, 6.07) is 12.5. The van der Waals surface area contributed by atoms with Gasteiger partial charge in [0.2, 0.25) is 5.82 Å². The quantitative estimate of drug-likeness (QED) is 0.523. The summed E-state index contributed by atoms with van der Waals surface area (Å²) in [5, 5.41) is 7.69. The molecular weight excluding hydrogens is 419 g/mol. The van der Waals surface area contributed by atoms with E-state index in [1.165, 1.54) is 12.1 Å². The Bertz CT molecular complexity index is 1130. The number of rotatable bonds is 6. The second-order valence-electron chi connectivity index (χ2n) is 7.37. The lowest BCUT2D eigenvalue weighted by Crippen LogP contribution is -2.46. The minimum Gasteiger partial charge on any atom is -0.334 e. The number of nitrogens with zero attached hydrogens (tertiary/aromatic N) is 3. The molecule has 0 radical (unpaired) electrons.